The number of hydrogen-bond acceptors (Lipinski definition) is 2. The van der Waals surface area contributed by atoms with Crippen LogP contribution in [0.3, 0.4) is 0 Å². The van der Waals surface area contributed by atoms with E-state index in [1.165, 1.54) is 5.56 Å². The minimum absolute atomic E-state index is 0.0649. The van der Waals surface area contributed by atoms with E-state index >= 15 is 0 Å². The van der Waals surface area contributed by atoms with Gasteiger partial charge in [-0.2, -0.15) is 0 Å². The normalized spacial score (nSPS) is 19.5. The van der Waals surface area contributed by atoms with Gasteiger partial charge in [0.25, 0.3) is 0 Å². The second-order valence-corrected chi connectivity index (χ2v) is 3.71. The summed E-state index contributed by atoms with van der Waals surface area (Å²) in [6, 6.07) is 7.94. The molecule has 3 nitrogen and oxygen atoms in total. The predicted octanol–water partition coefficient (Wildman–Crippen LogP) is 1.33. The fraction of sp³-hybridized carbons (Fsp3) is 0.333. The van der Waals surface area contributed by atoms with E-state index in [4.69, 9.17) is 0 Å². The summed E-state index contributed by atoms with van der Waals surface area (Å²) in [4.78, 5) is 23.2. The van der Waals surface area contributed by atoms with Gasteiger partial charge < -0.3 is 9.69 Å². The van der Waals surface area contributed by atoms with Crippen LogP contribution in [0.2, 0.25) is 0 Å². The zero-order valence-electron chi connectivity index (χ0n) is 8.43. The van der Waals surface area contributed by atoms with Gasteiger partial charge in [-0.15, -0.1) is 0 Å². The molecule has 0 aromatic heterocycles. The Balaban J connectivity index is 2.37. The van der Waals surface area contributed by atoms with Crippen LogP contribution in [0.1, 0.15) is 23.6 Å². The third-order valence-electron chi connectivity index (χ3n) is 2.91. The molecule has 0 aliphatic carbocycles. The molecule has 1 aromatic rings. The van der Waals surface area contributed by atoms with E-state index in [0.717, 1.165) is 24.7 Å². The Morgan fingerprint density at radius 1 is 1.33 bits per heavy atom. The molecule has 0 spiro atoms. The first-order chi connectivity index (χ1) is 7.36. The van der Waals surface area contributed by atoms with Gasteiger partial charge in [-0.1, -0.05) is 24.3 Å². The van der Waals surface area contributed by atoms with Crippen molar-refractivity contribution in [3.63, 3.8) is 0 Å². The topological polar surface area (TPSA) is 37.4 Å². The number of aldehydes is 1. The van der Waals surface area contributed by atoms with Crippen LogP contribution >= 0.6 is 0 Å². The third kappa shape index (κ3) is 1.77. The number of benzene rings is 1. The number of amides is 1. The molecule has 0 fully saturated rings. The standard InChI is InChI=1S/C12H13NO2/c14-8-6-12-11-4-2-1-3-10(11)5-7-13(12)9-15/h1-4,8-9,12H,5-7H2. The van der Waals surface area contributed by atoms with Crippen molar-refractivity contribution in [1.82, 2.24) is 4.90 Å². The molecular weight excluding hydrogens is 190 g/mol. The van der Waals surface area contributed by atoms with E-state index in [-0.39, 0.29) is 6.04 Å². The van der Waals surface area contributed by atoms with Crippen molar-refractivity contribution in [3.8, 4) is 0 Å². The Hall–Kier alpha value is -1.64. The highest BCUT2D eigenvalue weighted by molar-refractivity contribution is 5.57. The molecule has 3 heteroatoms. The Morgan fingerprint density at radius 3 is 2.87 bits per heavy atom. The summed E-state index contributed by atoms with van der Waals surface area (Å²) in [5.74, 6) is 0. The van der Waals surface area contributed by atoms with Gasteiger partial charge in [0.15, 0.2) is 0 Å². The van der Waals surface area contributed by atoms with Gasteiger partial charge in [0.05, 0.1) is 6.04 Å². The monoisotopic (exact) mass is 203 g/mol. The highest BCUT2D eigenvalue weighted by Gasteiger charge is 2.25. The number of rotatable bonds is 3. The van der Waals surface area contributed by atoms with Crippen LogP contribution < -0.4 is 0 Å². The van der Waals surface area contributed by atoms with Crippen molar-refractivity contribution in [2.45, 2.75) is 18.9 Å². The molecule has 1 amide bonds. The first-order valence-electron chi connectivity index (χ1n) is 5.09. The van der Waals surface area contributed by atoms with E-state index in [0.29, 0.717) is 13.0 Å². The highest BCUT2D eigenvalue weighted by atomic mass is 16.1. The van der Waals surface area contributed by atoms with Crippen LogP contribution in [0.15, 0.2) is 24.3 Å². The molecule has 0 saturated heterocycles. The molecule has 1 aliphatic heterocycles. The number of fused-ring (bicyclic) bond motifs is 1. The molecule has 0 radical (unpaired) electrons. The van der Waals surface area contributed by atoms with Crippen molar-refractivity contribution in [2.75, 3.05) is 6.54 Å². The van der Waals surface area contributed by atoms with Gasteiger partial charge in [0.1, 0.15) is 6.29 Å². The van der Waals surface area contributed by atoms with Crippen molar-refractivity contribution in [1.29, 1.82) is 0 Å². The Kier molecular flexibility index (Phi) is 2.81. The molecule has 78 valence electrons. The molecular formula is C12H13NO2. The molecule has 2 rings (SSSR count). The van der Waals surface area contributed by atoms with Gasteiger partial charge in [0, 0.05) is 13.0 Å². The molecule has 1 aromatic carbocycles. The number of carbonyl (C=O) groups is 2. The van der Waals surface area contributed by atoms with Gasteiger partial charge in [-0.05, 0) is 17.5 Å². The summed E-state index contributed by atoms with van der Waals surface area (Å²) in [6.07, 6.45) is 2.98. The van der Waals surface area contributed by atoms with Crippen molar-refractivity contribution in [2.24, 2.45) is 0 Å². The molecule has 1 atom stereocenters. The van der Waals surface area contributed by atoms with Gasteiger partial charge in [-0.3, -0.25) is 4.79 Å². The minimum atomic E-state index is -0.0649. The Labute approximate surface area is 88.7 Å². The second-order valence-electron chi connectivity index (χ2n) is 3.71. The minimum Gasteiger partial charge on any atom is -0.337 e. The van der Waals surface area contributed by atoms with Gasteiger partial charge in [0.2, 0.25) is 6.41 Å². The maximum atomic E-state index is 10.9. The Bertz CT molecular complexity index is 376. The van der Waals surface area contributed by atoms with Crippen LogP contribution in [0.5, 0.6) is 0 Å². The van der Waals surface area contributed by atoms with Crippen molar-refractivity contribution < 1.29 is 9.59 Å². The summed E-state index contributed by atoms with van der Waals surface area (Å²) < 4.78 is 0. The lowest BCUT2D eigenvalue weighted by atomic mass is 9.91. The molecule has 0 saturated carbocycles. The molecule has 0 bridgehead atoms. The average Bonchev–Trinajstić information content (AvgIpc) is 2.30. The van der Waals surface area contributed by atoms with Gasteiger partial charge in [-0.25, -0.2) is 0 Å². The second kappa shape index (κ2) is 4.26. The summed E-state index contributed by atoms with van der Waals surface area (Å²) in [5, 5.41) is 0. The van der Waals surface area contributed by atoms with E-state index in [9.17, 15) is 9.59 Å². The predicted molar refractivity (Wildman–Crippen MR) is 56.3 cm³/mol. The lowest BCUT2D eigenvalue weighted by Gasteiger charge is -2.33. The smallest absolute Gasteiger partial charge is 0.210 e. The lowest BCUT2D eigenvalue weighted by molar-refractivity contribution is -0.121. The summed E-state index contributed by atoms with van der Waals surface area (Å²) in [6.45, 7) is 0.707. The van der Waals surface area contributed by atoms with Crippen molar-refractivity contribution >= 4 is 12.7 Å². The van der Waals surface area contributed by atoms with Crippen LogP contribution in [0.25, 0.3) is 0 Å². The fourth-order valence-corrected chi connectivity index (χ4v) is 2.15. The zero-order chi connectivity index (χ0) is 10.7. The largest absolute Gasteiger partial charge is 0.337 e. The van der Waals surface area contributed by atoms with E-state index in [2.05, 4.69) is 6.07 Å². The number of carbonyl (C=O) groups excluding carboxylic acids is 2. The molecule has 15 heavy (non-hydrogen) atoms. The number of hydrogen-bond donors (Lipinski definition) is 0. The number of nitrogens with zero attached hydrogens (tertiary/aromatic N) is 1. The summed E-state index contributed by atoms with van der Waals surface area (Å²) in [5.41, 5.74) is 2.37. The van der Waals surface area contributed by atoms with E-state index in [1.807, 2.05) is 18.2 Å². The van der Waals surface area contributed by atoms with Crippen molar-refractivity contribution in [3.05, 3.63) is 35.4 Å². The van der Waals surface area contributed by atoms with E-state index in [1.54, 1.807) is 4.90 Å². The highest BCUT2D eigenvalue weighted by Crippen LogP contribution is 2.30. The SMILES string of the molecule is O=CCC1c2ccccc2CCN1C=O. The van der Waals surface area contributed by atoms with Crippen LogP contribution in [0, 0.1) is 0 Å². The first-order valence-corrected chi connectivity index (χ1v) is 5.09. The summed E-state index contributed by atoms with van der Waals surface area (Å²) >= 11 is 0. The average molecular weight is 203 g/mol. The van der Waals surface area contributed by atoms with Gasteiger partial charge >= 0.3 is 0 Å². The molecule has 0 N–H and O–H groups in total. The van der Waals surface area contributed by atoms with Crippen LogP contribution in [-0.2, 0) is 16.0 Å². The van der Waals surface area contributed by atoms with Crippen LogP contribution in [0.4, 0.5) is 0 Å². The summed E-state index contributed by atoms with van der Waals surface area (Å²) in [7, 11) is 0. The Morgan fingerprint density at radius 2 is 2.13 bits per heavy atom. The quantitative estimate of drug-likeness (QED) is 0.695. The van der Waals surface area contributed by atoms with Crippen LogP contribution in [-0.4, -0.2) is 24.1 Å². The first kappa shape index (κ1) is 9.90. The lowest BCUT2D eigenvalue weighted by Crippen LogP contribution is -2.34. The molecule has 1 unspecified atom stereocenters. The fourth-order valence-electron chi connectivity index (χ4n) is 2.15. The maximum absolute atomic E-state index is 10.9. The molecule has 1 heterocycles. The third-order valence-corrected chi connectivity index (χ3v) is 2.91. The molecule has 1 aliphatic rings. The maximum Gasteiger partial charge on any atom is 0.210 e. The van der Waals surface area contributed by atoms with E-state index < -0.39 is 0 Å². The zero-order valence-corrected chi connectivity index (χ0v) is 8.43.